The monoisotopic (exact) mass is 536 g/mol. The first-order valence-corrected chi connectivity index (χ1v) is 12.1. The van der Waals surface area contributed by atoms with Crippen LogP contribution in [0.2, 0.25) is 0 Å². The first-order valence-electron chi connectivity index (χ1n) is 11.3. The zero-order valence-corrected chi connectivity index (χ0v) is 20.0. The molecule has 1 aromatic carbocycles. The summed E-state index contributed by atoms with van der Waals surface area (Å²) in [5.74, 6) is -2.17. The second-order valence-corrected chi connectivity index (χ2v) is 9.41. The van der Waals surface area contributed by atoms with Gasteiger partial charge in [0.2, 0.25) is 0 Å². The first-order chi connectivity index (χ1) is 17.8. The Bertz CT molecular complexity index is 1240. The molecule has 2 saturated heterocycles. The van der Waals surface area contributed by atoms with Crippen molar-refractivity contribution in [2.45, 2.75) is 6.10 Å². The lowest BCUT2D eigenvalue weighted by atomic mass is 10.2. The first kappa shape index (κ1) is 24.7. The SMILES string of the molecule is O=C(c1ccc([N+](=O)[O-])s1)N1CCN(c2c(F)cc(N3CC(CN4C=CNN4)OC3=O)cc2F)CCN1. The van der Waals surface area contributed by atoms with Gasteiger partial charge in [0, 0.05) is 50.2 Å². The number of nitro groups is 1. The average molecular weight is 537 g/mol. The number of rotatable bonds is 6. The van der Waals surface area contributed by atoms with Gasteiger partial charge >= 0.3 is 11.1 Å². The maximum atomic E-state index is 15.2. The van der Waals surface area contributed by atoms with Crippen molar-refractivity contribution in [3.8, 4) is 0 Å². The molecule has 1 atom stereocenters. The maximum Gasteiger partial charge on any atom is 0.414 e. The van der Waals surface area contributed by atoms with Crippen LogP contribution in [0.25, 0.3) is 0 Å². The number of ether oxygens (including phenoxy) is 1. The van der Waals surface area contributed by atoms with E-state index in [9.17, 15) is 19.7 Å². The Morgan fingerprint density at radius 3 is 2.68 bits per heavy atom. The van der Waals surface area contributed by atoms with Gasteiger partial charge in [-0.2, -0.15) is 0 Å². The van der Waals surface area contributed by atoms with Crippen LogP contribution in [-0.2, 0) is 4.74 Å². The Balaban J connectivity index is 1.26. The Kier molecular flexibility index (Phi) is 6.77. The van der Waals surface area contributed by atoms with E-state index in [0.29, 0.717) is 6.54 Å². The Morgan fingerprint density at radius 1 is 1.22 bits per heavy atom. The van der Waals surface area contributed by atoms with E-state index >= 15 is 8.78 Å². The molecule has 1 unspecified atom stereocenters. The van der Waals surface area contributed by atoms with Crippen molar-refractivity contribution in [3.05, 3.63) is 63.3 Å². The van der Waals surface area contributed by atoms with Gasteiger partial charge in [0.15, 0.2) is 11.6 Å². The molecule has 3 N–H and O–H groups in total. The third-order valence-corrected chi connectivity index (χ3v) is 6.98. The molecule has 0 spiro atoms. The van der Waals surface area contributed by atoms with Gasteiger partial charge in [0.25, 0.3) is 5.91 Å². The minimum Gasteiger partial charge on any atom is -0.442 e. The number of hydrogen-bond acceptors (Lipinski definition) is 11. The molecule has 4 heterocycles. The number of thiophene rings is 1. The number of carbonyl (C=O) groups excluding carboxylic acids is 2. The fourth-order valence-electron chi connectivity index (χ4n) is 4.25. The van der Waals surface area contributed by atoms with E-state index in [1.165, 1.54) is 26.9 Å². The van der Waals surface area contributed by atoms with Crippen LogP contribution < -0.4 is 26.2 Å². The van der Waals surface area contributed by atoms with Crippen LogP contribution in [0.5, 0.6) is 0 Å². The molecule has 2 amide bonds. The third kappa shape index (κ3) is 5.11. The van der Waals surface area contributed by atoms with Crippen molar-refractivity contribution in [1.29, 1.82) is 0 Å². The normalized spacial score (nSPS) is 19.7. The largest absolute Gasteiger partial charge is 0.442 e. The number of amides is 2. The van der Waals surface area contributed by atoms with Crippen LogP contribution in [0.3, 0.4) is 0 Å². The molecule has 0 radical (unpaired) electrons. The number of hydrazine groups is 3. The molecule has 1 aromatic heterocycles. The summed E-state index contributed by atoms with van der Waals surface area (Å²) in [4.78, 5) is 38.3. The lowest BCUT2D eigenvalue weighted by Gasteiger charge is -2.25. The molecule has 2 aromatic rings. The summed E-state index contributed by atoms with van der Waals surface area (Å²) in [6.45, 7) is 1.04. The summed E-state index contributed by atoms with van der Waals surface area (Å²) in [5, 5.41) is 13.7. The molecular weight excluding hydrogens is 514 g/mol. The quantitative estimate of drug-likeness (QED) is 0.368. The second kappa shape index (κ2) is 10.2. The molecule has 0 aliphatic carbocycles. The molecule has 0 saturated carbocycles. The molecular formula is C21H22F2N8O5S. The van der Waals surface area contributed by atoms with Gasteiger partial charge in [0.05, 0.1) is 30.2 Å². The highest BCUT2D eigenvalue weighted by atomic mass is 32.1. The number of cyclic esters (lactones) is 1. The summed E-state index contributed by atoms with van der Waals surface area (Å²) < 4.78 is 35.7. The number of halogens is 2. The van der Waals surface area contributed by atoms with Gasteiger partial charge in [-0.3, -0.25) is 29.8 Å². The highest BCUT2D eigenvalue weighted by molar-refractivity contribution is 7.17. The standard InChI is InChI=1S/C21H22F2N8O5S/c22-15-9-13(29-12-14(36-21(29)33)11-28-6-3-24-26-28)10-16(23)19(15)27-5-4-25-30(8-7-27)20(32)17-1-2-18(37-17)31(34)35/h1-3,6,9-10,14,24-26H,4-5,7-8,11-12H2. The predicted molar refractivity (Wildman–Crippen MR) is 128 cm³/mol. The van der Waals surface area contributed by atoms with Crippen LogP contribution in [0.4, 0.5) is 30.0 Å². The lowest BCUT2D eigenvalue weighted by Crippen LogP contribution is -2.43. The van der Waals surface area contributed by atoms with Crippen molar-refractivity contribution < 1.29 is 28.0 Å². The van der Waals surface area contributed by atoms with Gasteiger partial charge < -0.3 is 15.1 Å². The van der Waals surface area contributed by atoms with Crippen molar-refractivity contribution >= 4 is 39.7 Å². The third-order valence-electron chi connectivity index (χ3n) is 5.96. The summed E-state index contributed by atoms with van der Waals surface area (Å²) >= 11 is 0.755. The Hall–Kier alpha value is -4.02. The van der Waals surface area contributed by atoms with E-state index < -0.39 is 34.7 Å². The van der Waals surface area contributed by atoms with E-state index in [1.807, 2.05) is 0 Å². The van der Waals surface area contributed by atoms with Crippen molar-refractivity contribution in [3.63, 3.8) is 0 Å². The minimum atomic E-state index is -0.853. The number of anilines is 2. The molecule has 2 fully saturated rings. The van der Waals surface area contributed by atoms with E-state index in [1.54, 1.807) is 17.4 Å². The highest BCUT2D eigenvalue weighted by Crippen LogP contribution is 2.32. The smallest absolute Gasteiger partial charge is 0.414 e. The number of carbonyl (C=O) groups is 2. The van der Waals surface area contributed by atoms with E-state index in [2.05, 4.69) is 16.4 Å². The average Bonchev–Trinajstić information content (AvgIpc) is 3.58. The molecule has 37 heavy (non-hydrogen) atoms. The van der Waals surface area contributed by atoms with Crippen molar-refractivity contribution in [2.75, 3.05) is 49.1 Å². The van der Waals surface area contributed by atoms with Crippen LogP contribution in [-0.4, -0.2) is 72.3 Å². The van der Waals surface area contributed by atoms with Crippen LogP contribution in [0.1, 0.15) is 9.67 Å². The number of nitrogens with zero attached hydrogens (tertiary/aromatic N) is 5. The number of nitrogens with one attached hydrogen (secondary N) is 3. The van der Waals surface area contributed by atoms with Crippen molar-refractivity contribution in [2.24, 2.45) is 0 Å². The van der Waals surface area contributed by atoms with Crippen LogP contribution in [0.15, 0.2) is 36.7 Å². The van der Waals surface area contributed by atoms with Gasteiger partial charge in [-0.1, -0.05) is 11.3 Å². The molecule has 13 nitrogen and oxygen atoms in total. The fraction of sp³-hybridized carbons (Fsp3) is 0.333. The summed E-state index contributed by atoms with van der Waals surface area (Å²) in [7, 11) is 0. The Labute approximate surface area is 212 Å². The van der Waals surface area contributed by atoms with E-state index in [-0.39, 0.29) is 54.0 Å². The molecule has 5 rings (SSSR count). The van der Waals surface area contributed by atoms with Gasteiger partial charge in [-0.15, -0.1) is 5.53 Å². The van der Waals surface area contributed by atoms with Gasteiger partial charge in [0.1, 0.15) is 16.7 Å². The highest BCUT2D eigenvalue weighted by Gasteiger charge is 2.35. The molecule has 0 bridgehead atoms. The fourth-order valence-corrected chi connectivity index (χ4v) is 5.02. The van der Waals surface area contributed by atoms with E-state index in [4.69, 9.17) is 4.74 Å². The number of hydrogen-bond donors (Lipinski definition) is 3. The minimum absolute atomic E-state index is 0.0401. The Morgan fingerprint density at radius 2 is 2.00 bits per heavy atom. The summed E-state index contributed by atoms with van der Waals surface area (Å²) in [6.07, 6.45) is 2.18. The van der Waals surface area contributed by atoms with Gasteiger partial charge in [-0.05, 0) is 6.07 Å². The molecule has 3 aliphatic heterocycles. The molecule has 196 valence electrons. The summed E-state index contributed by atoms with van der Waals surface area (Å²) in [6, 6.07) is 4.80. The zero-order chi connectivity index (χ0) is 26.1. The lowest BCUT2D eigenvalue weighted by molar-refractivity contribution is -0.380. The maximum absolute atomic E-state index is 15.2. The summed E-state index contributed by atoms with van der Waals surface area (Å²) in [5.41, 5.74) is 8.26. The van der Waals surface area contributed by atoms with Crippen molar-refractivity contribution in [1.82, 2.24) is 26.4 Å². The topological polar surface area (TPSA) is 136 Å². The molecule has 16 heteroatoms. The molecule has 3 aliphatic rings. The second-order valence-electron chi connectivity index (χ2n) is 8.35. The predicted octanol–water partition coefficient (Wildman–Crippen LogP) is 1.52. The van der Waals surface area contributed by atoms with Crippen LogP contribution in [0, 0.1) is 21.7 Å². The van der Waals surface area contributed by atoms with Crippen LogP contribution >= 0.6 is 11.3 Å². The van der Waals surface area contributed by atoms with Gasteiger partial charge in [-0.25, -0.2) is 19.0 Å². The number of benzene rings is 1. The van der Waals surface area contributed by atoms with E-state index in [0.717, 1.165) is 23.5 Å². The zero-order valence-electron chi connectivity index (χ0n) is 19.2.